The molecule has 0 spiro atoms. The van der Waals surface area contributed by atoms with Crippen LogP contribution in [0.25, 0.3) is 0 Å². The predicted molar refractivity (Wildman–Crippen MR) is 106 cm³/mol. The molecular weight excluding hydrogens is 468 g/mol. The van der Waals surface area contributed by atoms with Gasteiger partial charge in [-0.05, 0) is 47.0 Å². The number of rotatable bonds is 7. The molecule has 0 radical (unpaired) electrons. The fourth-order valence-corrected chi connectivity index (χ4v) is 5.41. The SMILES string of the molecule is O=C(COC(=O)c1ccc(Br)c(S(=O)(=O)N2CCOCC2)c1)NC[C@H]1CCCO1. The quantitative estimate of drug-likeness (QED) is 0.565. The van der Waals surface area contributed by atoms with Gasteiger partial charge in [0.25, 0.3) is 5.91 Å². The van der Waals surface area contributed by atoms with Gasteiger partial charge in [0.2, 0.25) is 10.0 Å². The second-order valence-electron chi connectivity index (χ2n) is 6.68. The first kappa shape index (κ1) is 22.2. The van der Waals surface area contributed by atoms with E-state index < -0.39 is 28.5 Å². The van der Waals surface area contributed by atoms with Crippen LogP contribution in [0.3, 0.4) is 0 Å². The molecule has 0 saturated carbocycles. The van der Waals surface area contributed by atoms with Crippen LogP contribution in [0.15, 0.2) is 27.6 Å². The van der Waals surface area contributed by atoms with Gasteiger partial charge >= 0.3 is 5.97 Å². The molecule has 2 fully saturated rings. The van der Waals surface area contributed by atoms with Gasteiger partial charge in [0.15, 0.2) is 6.61 Å². The number of ether oxygens (including phenoxy) is 3. The van der Waals surface area contributed by atoms with Gasteiger partial charge in [-0.25, -0.2) is 13.2 Å². The molecule has 1 N–H and O–H groups in total. The van der Waals surface area contributed by atoms with Gasteiger partial charge < -0.3 is 19.5 Å². The van der Waals surface area contributed by atoms with Crippen molar-refractivity contribution < 1.29 is 32.2 Å². The third-order valence-corrected chi connectivity index (χ3v) is 7.53. The molecule has 29 heavy (non-hydrogen) atoms. The first-order chi connectivity index (χ1) is 13.9. The smallest absolute Gasteiger partial charge is 0.338 e. The molecule has 160 valence electrons. The number of nitrogens with zero attached hydrogens (tertiary/aromatic N) is 1. The van der Waals surface area contributed by atoms with E-state index in [-0.39, 0.29) is 29.7 Å². The van der Waals surface area contributed by atoms with Crippen LogP contribution in [0, 0.1) is 0 Å². The van der Waals surface area contributed by atoms with Gasteiger partial charge in [-0.1, -0.05) is 0 Å². The van der Waals surface area contributed by atoms with E-state index in [1.54, 1.807) is 0 Å². The van der Waals surface area contributed by atoms with E-state index in [0.717, 1.165) is 12.8 Å². The Kier molecular flexibility index (Phi) is 7.63. The van der Waals surface area contributed by atoms with E-state index in [2.05, 4.69) is 21.2 Å². The Balaban J connectivity index is 1.60. The number of nitrogens with one attached hydrogen (secondary N) is 1. The van der Waals surface area contributed by atoms with E-state index in [9.17, 15) is 18.0 Å². The third kappa shape index (κ3) is 5.76. The van der Waals surface area contributed by atoms with E-state index in [1.807, 2.05) is 0 Å². The molecule has 9 nitrogen and oxygen atoms in total. The monoisotopic (exact) mass is 490 g/mol. The number of morpholine rings is 1. The van der Waals surface area contributed by atoms with Crippen molar-refractivity contribution >= 4 is 37.8 Å². The maximum absolute atomic E-state index is 12.9. The summed E-state index contributed by atoms with van der Waals surface area (Å²) < 4.78 is 43.0. The zero-order valence-electron chi connectivity index (χ0n) is 15.8. The molecule has 2 saturated heterocycles. The minimum atomic E-state index is -3.79. The average Bonchev–Trinajstić information content (AvgIpc) is 3.25. The highest BCUT2D eigenvalue weighted by molar-refractivity contribution is 9.10. The maximum Gasteiger partial charge on any atom is 0.338 e. The van der Waals surface area contributed by atoms with Crippen molar-refractivity contribution in [2.24, 2.45) is 0 Å². The van der Waals surface area contributed by atoms with Crippen LogP contribution in [0.1, 0.15) is 23.2 Å². The van der Waals surface area contributed by atoms with Crippen molar-refractivity contribution in [3.05, 3.63) is 28.2 Å². The molecule has 2 heterocycles. The third-order valence-electron chi connectivity index (χ3n) is 4.64. The van der Waals surface area contributed by atoms with E-state index in [0.29, 0.717) is 30.8 Å². The second-order valence-corrected chi connectivity index (χ2v) is 9.44. The molecule has 0 bridgehead atoms. The number of hydrogen-bond acceptors (Lipinski definition) is 7. The Labute approximate surface area is 177 Å². The second kappa shape index (κ2) is 9.98. The lowest BCUT2D eigenvalue weighted by molar-refractivity contribution is -0.124. The molecule has 3 rings (SSSR count). The van der Waals surface area contributed by atoms with Crippen molar-refractivity contribution in [2.45, 2.75) is 23.8 Å². The Morgan fingerprint density at radius 1 is 1.24 bits per heavy atom. The molecule has 11 heteroatoms. The summed E-state index contributed by atoms with van der Waals surface area (Å²) in [5.74, 6) is -1.21. The highest BCUT2D eigenvalue weighted by Crippen LogP contribution is 2.27. The van der Waals surface area contributed by atoms with Crippen LogP contribution in [0.2, 0.25) is 0 Å². The van der Waals surface area contributed by atoms with Crippen LogP contribution in [0.5, 0.6) is 0 Å². The minimum absolute atomic E-state index is 0.00548. The summed E-state index contributed by atoms with van der Waals surface area (Å²) >= 11 is 3.23. The Morgan fingerprint density at radius 2 is 2.00 bits per heavy atom. The maximum atomic E-state index is 12.9. The normalized spacial score (nSPS) is 20.4. The number of halogens is 1. The highest BCUT2D eigenvalue weighted by Gasteiger charge is 2.29. The van der Waals surface area contributed by atoms with Crippen LogP contribution < -0.4 is 5.32 Å². The lowest BCUT2D eigenvalue weighted by Crippen LogP contribution is -2.40. The fourth-order valence-electron chi connectivity index (χ4n) is 3.05. The number of esters is 1. The summed E-state index contributed by atoms with van der Waals surface area (Å²) in [6.07, 6.45) is 1.85. The Bertz CT molecular complexity index is 850. The summed E-state index contributed by atoms with van der Waals surface area (Å²) in [4.78, 5) is 24.1. The number of sulfonamides is 1. The first-order valence-corrected chi connectivity index (χ1v) is 11.5. The first-order valence-electron chi connectivity index (χ1n) is 9.31. The van der Waals surface area contributed by atoms with Gasteiger partial charge in [-0.2, -0.15) is 4.31 Å². The number of hydrogen-bond donors (Lipinski definition) is 1. The van der Waals surface area contributed by atoms with Crippen LogP contribution in [-0.2, 0) is 29.0 Å². The highest BCUT2D eigenvalue weighted by atomic mass is 79.9. The standard InChI is InChI=1S/C18H23BrN2O7S/c19-15-4-3-13(10-16(15)29(24,25)21-5-8-26-9-6-21)18(23)28-12-17(22)20-11-14-2-1-7-27-14/h3-4,10,14H,1-2,5-9,11-12H2,(H,20,22)/t14-/m1/s1. The lowest BCUT2D eigenvalue weighted by Gasteiger charge is -2.26. The molecular formula is C18H23BrN2O7S. The molecule has 0 unspecified atom stereocenters. The van der Waals surface area contributed by atoms with Gasteiger partial charge in [0.05, 0.1) is 29.8 Å². The van der Waals surface area contributed by atoms with Crippen molar-refractivity contribution in [1.29, 1.82) is 0 Å². The summed E-state index contributed by atoms with van der Waals surface area (Å²) in [5, 5.41) is 2.66. The minimum Gasteiger partial charge on any atom is -0.452 e. The molecule has 1 amide bonds. The largest absolute Gasteiger partial charge is 0.452 e. The van der Waals surface area contributed by atoms with Gasteiger partial charge in [0.1, 0.15) is 0 Å². The number of carbonyl (C=O) groups excluding carboxylic acids is 2. The summed E-state index contributed by atoms with van der Waals surface area (Å²) in [6.45, 7) is 1.74. The van der Waals surface area contributed by atoms with Gasteiger partial charge in [-0.15, -0.1) is 0 Å². The molecule has 2 aliphatic heterocycles. The van der Waals surface area contributed by atoms with Crippen LogP contribution in [-0.4, -0.2) is 76.8 Å². The molecule has 1 aromatic carbocycles. The van der Waals surface area contributed by atoms with E-state index >= 15 is 0 Å². The fraction of sp³-hybridized carbons (Fsp3) is 0.556. The molecule has 2 aliphatic rings. The molecule has 1 aromatic rings. The predicted octanol–water partition coefficient (Wildman–Crippen LogP) is 0.922. The van der Waals surface area contributed by atoms with Crippen molar-refractivity contribution in [3.63, 3.8) is 0 Å². The molecule has 0 aliphatic carbocycles. The number of amides is 1. The van der Waals surface area contributed by atoms with Crippen molar-refractivity contribution in [2.75, 3.05) is 46.1 Å². The average molecular weight is 491 g/mol. The number of carbonyl (C=O) groups is 2. The topological polar surface area (TPSA) is 111 Å². The van der Waals surface area contributed by atoms with E-state index in [4.69, 9.17) is 14.2 Å². The van der Waals surface area contributed by atoms with Crippen molar-refractivity contribution in [3.8, 4) is 0 Å². The van der Waals surface area contributed by atoms with E-state index in [1.165, 1.54) is 22.5 Å². The Morgan fingerprint density at radius 3 is 2.69 bits per heavy atom. The lowest BCUT2D eigenvalue weighted by atomic mass is 10.2. The molecule has 1 atom stereocenters. The van der Waals surface area contributed by atoms with Gasteiger partial charge in [0, 0.05) is 30.7 Å². The van der Waals surface area contributed by atoms with Crippen molar-refractivity contribution in [1.82, 2.24) is 9.62 Å². The zero-order chi connectivity index (χ0) is 20.9. The number of benzene rings is 1. The summed E-state index contributed by atoms with van der Waals surface area (Å²) in [6, 6.07) is 4.16. The van der Waals surface area contributed by atoms with Gasteiger partial charge in [-0.3, -0.25) is 4.79 Å². The molecule has 0 aromatic heterocycles. The Hall–Kier alpha value is -1.53. The van der Waals surface area contributed by atoms with Crippen LogP contribution >= 0.6 is 15.9 Å². The zero-order valence-corrected chi connectivity index (χ0v) is 18.2. The summed E-state index contributed by atoms with van der Waals surface area (Å²) in [5.41, 5.74) is 0.0481. The summed E-state index contributed by atoms with van der Waals surface area (Å²) in [7, 11) is -3.79. The van der Waals surface area contributed by atoms with Crippen LogP contribution in [0.4, 0.5) is 0 Å².